The van der Waals surface area contributed by atoms with Gasteiger partial charge in [0.1, 0.15) is 5.75 Å². The van der Waals surface area contributed by atoms with Crippen LogP contribution in [-0.4, -0.2) is 42.3 Å². The summed E-state index contributed by atoms with van der Waals surface area (Å²) in [6.07, 6.45) is 0.837. The number of hydrogen-bond donors (Lipinski definition) is 4. The summed E-state index contributed by atoms with van der Waals surface area (Å²) >= 11 is 0. The normalized spacial score (nSPS) is 10.8. The maximum Gasteiger partial charge on any atom is 0.319 e. The lowest BCUT2D eigenvalue weighted by Crippen LogP contribution is -2.34. The first kappa shape index (κ1) is 19.8. The van der Waals surface area contributed by atoms with Gasteiger partial charge in [0.05, 0.1) is 11.7 Å². The summed E-state index contributed by atoms with van der Waals surface area (Å²) < 4.78 is 5.39. The number of hydrogen-bond acceptors (Lipinski definition) is 4. The molecule has 0 saturated heterocycles. The second kappa shape index (κ2) is 9.77. The Morgan fingerprint density at radius 1 is 1.21 bits per heavy atom. The molecule has 0 aliphatic rings. The molecule has 7 heteroatoms. The Bertz CT molecular complexity index is 559. The van der Waals surface area contributed by atoms with Gasteiger partial charge in [-0.15, -0.1) is 0 Å². The van der Waals surface area contributed by atoms with Crippen LogP contribution < -0.4 is 16.0 Å². The summed E-state index contributed by atoms with van der Waals surface area (Å²) in [7, 11) is 0. The lowest BCUT2D eigenvalue weighted by Gasteiger charge is -2.12. The summed E-state index contributed by atoms with van der Waals surface area (Å²) in [5, 5.41) is 17.9. The van der Waals surface area contributed by atoms with Crippen molar-refractivity contribution in [2.24, 2.45) is 0 Å². The fourth-order valence-corrected chi connectivity index (χ4v) is 1.91. The fourth-order valence-electron chi connectivity index (χ4n) is 1.91. The van der Waals surface area contributed by atoms with Gasteiger partial charge >= 0.3 is 6.03 Å². The van der Waals surface area contributed by atoms with Crippen LogP contribution >= 0.6 is 0 Å². The number of carbonyl (C=O) groups excluding carboxylic acids is 2. The van der Waals surface area contributed by atoms with E-state index in [0.29, 0.717) is 25.3 Å². The van der Waals surface area contributed by atoms with Crippen LogP contribution in [0.25, 0.3) is 0 Å². The number of ether oxygens (including phenoxy) is 1. The van der Waals surface area contributed by atoms with E-state index >= 15 is 0 Å². The van der Waals surface area contributed by atoms with Crippen molar-refractivity contribution < 1.29 is 19.4 Å². The summed E-state index contributed by atoms with van der Waals surface area (Å²) in [6, 6.07) is 3.98. The molecule has 0 heterocycles. The molecule has 7 nitrogen and oxygen atoms in total. The van der Waals surface area contributed by atoms with E-state index in [1.54, 1.807) is 0 Å². The summed E-state index contributed by atoms with van der Waals surface area (Å²) in [4.78, 5) is 23.8. The minimum atomic E-state index is -0.398. The molecule has 1 aromatic carbocycles. The SMILES string of the molecule is CC(C)NC(=O)Nc1ccc(O)c(C(=O)NCCCOC(C)C)c1. The van der Waals surface area contributed by atoms with Crippen LogP contribution in [0.5, 0.6) is 5.75 Å². The van der Waals surface area contributed by atoms with Crippen LogP contribution in [-0.2, 0) is 4.74 Å². The first-order valence-electron chi connectivity index (χ1n) is 8.10. The third-order valence-electron chi connectivity index (χ3n) is 2.98. The molecule has 1 aromatic rings. The third-order valence-corrected chi connectivity index (χ3v) is 2.98. The number of amides is 3. The van der Waals surface area contributed by atoms with Crippen molar-refractivity contribution in [3.63, 3.8) is 0 Å². The number of nitrogens with one attached hydrogen (secondary N) is 3. The second-order valence-electron chi connectivity index (χ2n) is 6.01. The minimum absolute atomic E-state index is 0.00191. The number of urea groups is 1. The minimum Gasteiger partial charge on any atom is -0.507 e. The van der Waals surface area contributed by atoms with Crippen LogP contribution in [0.1, 0.15) is 44.5 Å². The summed E-state index contributed by atoms with van der Waals surface area (Å²) in [6.45, 7) is 8.59. The molecule has 0 atom stereocenters. The van der Waals surface area contributed by atoms with Crippen molar-refractivity contribution in [3.8, 4) is 5.75 Å². The Balaban J connectivity index is 2.58. The molecule has 0 fully saturated rings. The molecule has 0 bridgehead atoms. The Hall–Kier alpha value is -2.28. The van der Waals surface area contributed by atoms with E-state index in [0.717, 1.165) is 0 Å². The zero-order chi connectivity index (χ0) is 18.1. The van der Waals surface area contributed by atoms with Gasteiger partial charge in [-0.2, -0.15) is 0 Å². The monoisotopic (exact) mass is 337 g/mol. The summed E-state index contributed by atoms with van der Waals surface area (Å²) in [5.74, 6) is -0.536. The van der Waals surface area contributed by atoms with E-state index in [1.165, 1.54) is 18.2 Å². The largest absolute Gasteiger partial charge is 0.507 e. The molecule has 0 aliphatic carbocycles. The molecule has 4 N–H and O–H groups in total. The highest BCUT2D eigenvalue weighted by Gasteiger charge is 2.13. The van der Waals surface area contributed by atoms with Gasteiger partial charge in [0.25, 0.3) is 5.91 Å². The maximum absolute atomic E-state index is 12.1. The van der Waals surface area contributed by atoms with Crippen molar-refractivity contribution >= 4 is 17.6 Å². The van der Waals surface area contributed by atoms with Gasteiger partial charge in [0.15, 0.2) is 0 Å². The van der Waals surface area contributed by atoms with Crippen molar-refractivity contribution in [1.82, 2.24) is 10.6 Å². The van der Waals surface area contributed by atoms with Crippen LogP contribution in [0.15, 0.2) is 18.2 Å². The predicted octanol–water partition coefficient (Wildman–Crippen LogP) is 2.47. The van der Waals surface area contributed by atoms with E-state index < -0.39 is 5.91 Å². The van der Waals surface area contributed by atoms with Gasteiger partial charge in [-0.25, -0.2) is 4.79 Å². The van der Waals surface area contributed by atoms with Crippen LogP contribution in [0.3, 0.4) is 0 Å². The third kappa shape index (κ3) is 7.32. The van der Waals surface area contributed by atoms with Crippen molar-refractivity contribution in [3.05, 3.63) is 23.8 Å². The number of carbonyl (C=O) groups is 2. The van der Waals surface area contributed by atoms with Crippen molar-refractivity contribution in [2.45, 2.75) is 46.3 Å². The molecule has 0 saturated carbocycles. The van der Waals surface area contributed by atoms with E-state index in [2.05, 4.69) is 16.0 Å². The first-order valence-corrected chi connectivity index (χ1v) is 8.10. The number of phenolic OH excluding ortho intramolecular Hbond substituents is 1. The van der Waals surface area contributed by atoms with Gasteiger partial charge < -0.3 is 25.8 Å². The quantitative estimate of drug-likeness (QED) is 0.432. The number of aromatic hydroxyl groups is 1. The van der Waals surface area contributed by atoms with Gasteiger partial charge in [0, 0.05) is 24.9 Å². The van der Waals surface area contributed by atoms with Crippen LogP contribution in [0, 0.1) is 0 Å². The molecule has 0 radical (unpaired) electrons. The summed E-state index contributed by atoms with van der Waals surface area (Å²) in [5.41, 5.74) is 0.543. The lowest BCUT2D eigenvalue weighted by atomic mass is 10.1. The zero-order valence-electron chi connectivity index (χ0n) is 14.7. The predicted molar refractivity (Wildman–Crippen MR) is 93.4 cm³/mol. The first-order chi connectivity index (χ1) is 11.3. The lowest BCUT2D eigenvalue weighted by molar-refractivity contribution is 0.0757. The molecule has 0 aromatic heterocycles. The van der Waals surface area contributed by atoms with E-state index in [-0.39, 0.29) is 29.5 Å². The highest BCUT2D eigenvalue weighted by molar-refractivity contribution is 5.99. The molecule has 3 amide bonds. The number of anilines is 1. The molecule has 134 valence electrons. The van der Waals surface area contributed by atoms with Gasteiger partial charge in [-0.1, -0.05) is 0 Å². The Morgan fingerprint density at radius 3 is 2.54 bits per heavy atom. The topological polar surface area (TPSA) is 99.7 Å². The molecule has 0 spiro atoms. The molecule has 0 unspecified atom stereocenters. The van der Waals surface area contributed by atoms with E-state index in [1.807, 2.05) is 27.7 Å². The number of rotatable bonds is 8. The average molecular weight is 337 g/mol. The average Bonchev–Trinajstić information content (AvgIpc) is 2.47. The molecule has 0 aliphatic heterocycles. The highest BCUT2D eigenvalue weighted by atomic mass is 16.5. The molecular formula is C17H27N3O4. The maximum atomic E-state index is 12.1. The molecule has 1 rings (SSSR count). The Morgan fingerprint density at radius 2 is 1.92 bits per heavy atom. The fraction of sp³-hybridized carbons (Fsp3) is 0.529. The van der Waals surface area contributed by atoms with Crippen molar-refractivity contribution in [1.29, 1.82) is 0 Å². The Kier molecular flexibility index (Phi) is 8.05. The second-order valence-corrected chi connectivity index (χ2v) is 6.01. The van der Waals surface area contributed by atoms with Crippen LogP contribution in [0.2, 0.25) is 0 Å². The van der Waals surface area contributed by atoms with Crippen LogP contribution in [0.4, 0.5) is 10.5 Å². The highest BCUT2D eigenvalue weighted by Crippen LogP contribution is 2.21. The number of phenols is 1. The van der Waals surface area contributed by atoms with E-state index in [4.69, 9.17) is 4.74 Å². The Labute approximate surface area is 142 Å². The van der Waals surface area contributed by atoms with E-state index in [9.17, 15) is 14.7 Å². The number of benzene rings is 1. The molecule has 24 heavy (non-hydrogen) atoms. The zero-order valence-corrected chi connectivity index (χ0v) is 14.7. The van der Waals surface area contributed by atoms with Gasteiger partial charge in [-0.3, -0.25) is 4.79 Å². The molecular weight excluding hydrogens is 310 g/mol. The smallest absolute Gasteiger partial charge is 0.319 e. The van der Waals surface area contributed by atoms with Gasteiger partial charge in [0.2, 0.25) is 0 Å². The van der Waals surface area contributed by atoms with Crippen molar-refractivity contribution in [2.75, 3.05) is 18.5 Å². The van der Waals surface area contributed by atoms with Gasteiger partial charge in [-0.05, 0) is 52.3 Å². The standard InChI is InChI=1S/C17H27N3O4/c1-11(2)19-17(23)20-13-6-7-15(21)14(10-13)16(22)18-8-5-9-24-12(3)4/h6-7,10-12,21H,5,8-9H2,1-4H3,(H,18,22)(H2,19,20,23).